The smallest absolute Gasteiger partial charge is 0.119 e. The van der Waals surface area contributed by atoms with E-state index in [9.17, 15) is 0 Å². The Kier molecular flexibility index (Phi) is 4.15. The number of anilines is 1. The van der Waals surface area contributed by atoms with Gasteiger partial charge in [0.2, 0.25) is 0 Å². The molecule has 4 heteroatoms. The Bertz CT molecular complexity index is 657. The normalized spacial score (nSPS) is 17.2. The highest BCUT2D eigenvalue weighted by molar-refractivity contribution is 9.10. The average molecular weight is 347 g/mol. The summed E-state index contributed by atoms with van der Waals surface area (Å²) in [6, 6.07) is 8.99. The van der Waals surface area contributed by atoms with Crippen molar-refractivity contribution in [2.24, 2.45) is 0 Å². The van der Waals surface area contributed by atoms with E-state index in [0.717, 1.165) is 40.9 Å². The van der Waals surface area contributed by atoms with E-state index >= 15 is 0 Å². The van der Waals surface area contributed by atoms with Crippen molar-refractivity contribution in [3.05, 3.63) is 51.8 Å². The zero-order chi connectivity index (χ0) is 14.8. The van der Waals surface area contributed by atoms with Gasteiger partial charge in [0, 0.05) is 6.04 Å². The largest absolute Gasteiger partial charge is 0.497 e. The number of ether oxygens (including phenoxy) is 1. The number of halogens is 1. The van der Waals surface area contributed by atoms with E-state index in [2.05, 4.69) is 57.4 Å². The molecule has 1 unspecified atom stereocenters. The third-order valence-electron chi connectivity index (χ3n) is 4.03. The fourth-order valence-corrected chi connectivity index (χ4v) is 3.07. The molecule has 1 aromatic carbocycles. The van der Waals surface area contributed by atoms with Gasteiger partial charge in [-0.05, 0) is 77.0 Å². The van der Waals surface area contributed by atoms with E-state index < -0.39 is 0 Å². The van der Waals surface area contributed by atoms with Crippen molar-refractivity contribution in [2.45, 2.75) is 32.2 Å². The number of benzene rings is 1. The van der Waals surface area contributed by atoms with Crippen LogP contribution in [-0.4, -0.2) is 18.1 Å². The molecule has 3 nitrogen and oxygen atoms in total. The minimum absolute atomic E-state index is 0.451. The SMILES string of the molecule is COc1ccc2c(c1)CC(Nc1cnc(Br)c(C)c1)CC2. The molecule has 2 aromatic rings. The molecule has 1 aliphatic rings. The molecule has 0 radical (unpaired) electrons. The fourth-order valence-electron chi connectivity index (χ4n) is 2.86. The Morgan fingerprint density at radius 1 is 1.29 bits per heavy atom. The zero-order valence-corrected chi connectivity index (χ0v) is 13.9. The highest BCUT2D eigenvalue weighted by Gasteiger charge is 2.19. The number of aromatic nitrogens is 1. The standard InChI is InChI=1S/C17H19BrN2O/c1-11-7-15(10-19-17(11)18)20-14-5-3-12-4-6-16(21-2)9-13(12)8-14/h4,6-7,9-10,14,20H,3,5,8H2,1-2H3. The van der Waals surface area contributed by atoms with Gasteiger partial charge >= 0.3 is 0 Å². The third kappa shape index (κ3) is 3.21. The minimum atomic E-state index is 0.451. The maximum absolute atomic E-state index is 5.33. The number of aryl methyl sites for hydroxylation is 2. The molecule has 0 amide bonds. The van der Waals surface area contributed by atoms with Gasteiger partial charge in [0.1, 0.15) is 10.4 Å². The summed E-state index contributed by atoms with van der Waals surface area (Å²) in [5.41, 5.74) is 5.07. The number of nitrogens with one attached hydrogen (secondary N) is 1. The topological polar surface area (TPSA) is 34.1 Å². The molecule has 1 aromatic heterocycles. The highest BCUT2D eigenvalue weighted by Crippen LogP contribution is 2.27. The molecule has 1 N–H and O–H groups in total. The van der Waals surface area contributed by atoms with Gasteiger partial charge in [0.25, 0.3) is 0 Å². The second kappa shape index (κ2) is 6.06. The Hall–Kier alpha value is -1.55. The Labute approximate surface area is 133 Å². The summed E-state index contributed by atoms with van der Waals surface area (Å²) < 4.78 is 6.24. The van der Waals surface area contributed by atoms with Crippen LogP contribution in [0.5, 0.6) is 5.75 Å². The molecule has 0 bridgehead atoms. The van der Waals surface area contributed by atoms with Gasteiger partial charge in [-0.1, -0.05) is 6.07 Å². The molecule has 1 heterocycles. The van der Waals surface area contributed by atoms with Crippen LogP contribution in [0, 0.1) is 6.92 Å². The molecular formula is C17H19BrN2O. The predicted octanol–water partition coefficient (Wildman–Crippen LogP) is 4.13. The third-order valence-corrected chi connectivity index (χ3v) is 4.86. The molecule has 110 valence electrons. The second-order valence-electron chi connectivity index (χ2n) is 5.55. The van der Waals surface area contributed by atoms with E-state index in [1.807, 2.05) is 6.20 Å². The van der Waals surface area contributed by atoms with E-state index in [0.29, 0.717) is 6.04 Å². The summed E-state index contributed by atoms with van der Waals surface area (Å²) in [4.78, 5) is 4.35. The Morgan fingerprint density at radius 2 is 2.14 bits per heavy atom. The van der Waals surface area contributed by atoms with E-state index in [-0.39, 0.29) is 0 Å². The van der Waals surface area contributed by atoms with Gasteiger partial charge in [-0.15, -0.1) is 0 Å². The van der Waals surface area contributed by atoms with Crippen molar-refractivity contribution in [2.75, 3.05) is 12.4 Å². The van der Waals surface area contributed by atoms with Crippen molar-refractivity contribution in [1.82, 2.24) is 4.98 Å². The average Bonchev–Trinajstić information content (AvgIpc) is 2.50. The molecule has 3 rings (SSSR count). The first-order chi connectivity index (χ1) is 10.2. The quantitative estimate of drug-likeness (QED) is 0.848. The van der Waals surface area contributed by atoms with Gasteiger partial charge in [-0.25, -0.2) is 4.98 Å². The summed E-state index contributed by atoms with van der Waals surface area (Å²) in [5.74, 6) is 0.940. The summed E-state index contributed by atoms with van der Waals surface area (Å²) in [7, 11) is 1.72. The Morgan fingerprint density at radius 3 is 2.90 bits per heavy atom. The Balaban J connectivity index is 1.74. The van der Waals surface area contributed by atoms with Crippen molar-refractivity contribution in [1.29, 1.82) is 0 Å². The van der Waals surface area contributed by atoms with Gasteiger partial charge in [-0.3, -0.25) is 0 Å². The molecule has 1 aliphatic carbocycles. The number of nitrogens with zero attached hydrogens (tertiary/aromatic N) is 1. The van der Waals surface area contributed by atoms with Crippen LogP contribution in [0.15, 0.2) is 35.1 Å². The lowest BCUT2D eigenvalue weighted by atomic mass is 9.88. The maximum atomic E-state index is 5.33. The first-order valence-electron chi connectivity index (χ1n) is 7.20. The summed E-state index contributed by atoms with van der Waals surface area (Å²) in [5, 5.41) is 3.60. The van der Waals surface area contributed by atoms with Gasteiger partial charge < -0.3 is 10.1 Å². The number of fused-ring (bicyclic) bond motifs is 1. The molecule has 1 atom stereocenters. The number of rotatable bonds is 3. The number of methoxy groups -OCH3 is 1. The highest BCUT2D eigenvalue weighted by atomic mass is 79.9. The number of hydrogen-bond acceptors (Lipinski definition) is 3. The van der Waals surface area contributed by atoms with Crippen LogP contribution in [0.4, 0.5) is 5.69 Å². The molecule has 0 saturated carbocycles. The van der Waals surface area contributed by atoms with E-state index in [4.69, 9.17) is 4.74 Å². The lowest BCUT2D eigenvalue weighted by molar-refractivity contribution is 0.413. The lowest BCUT2D eigenvalue weighted by Gasteiger charge is -2.26. The fraction of sp³-hybridized carbons (Fsp3) is 0.353. The second-order valence-corrected chi connectivity index (χ2v) is 6.30. The minimum Gasteiger partial charge on any atom is -0.497 e. The molecule has 0 fully saturated rings. The van der Waals surface area contributed by atoms with E-state index in [1.54, 1.807) is 7.11 Å². The van der Waals surface area contributed by atoms with E-state index in [1.165, 1.54) is 11.1 Å². The molecule has 0 spiro atoms. The van der Waals surface area contributed by atoms with Crippen LogP contribution >= 0.6 is 15.9 Å². The maximum Gasteiger partial charge on any atom is 0.119 e. The molecule has 21 heavy (non-hydrogen) atoms. The van der Waals surface area contributed by atoms with Gasteiger partial charge in [0.05, 0.1) is 19.0 Å². The van der Waals surface area contributed by atoms with Gasteiger partial charge in [-0.2, -0.15) is 0 Å². The van der Waals surface area contributed by atoms with Gasteiger partial charge in [0.15, 0.2) is 0 Å². The lowest BCUT2D eigenvalue weighted by Crippen LogP contribution is -2.27. The summed E-state index contributed by atoms with van der Waals surface area (Å²) in [6.07, 6.45) is 5.17. The van der Waals surface area contributed by atoms with Crippen molar-refractivity contribution >= 4 is 21.6 Å². The monoisotopic (exact) mass is 346 g/mol. The number of hydrogen-bond donors (Lipinski definition) is 1. The molecular weight excluding hydrogens is 328 g/mol. The zero-order valence-electron chi connectivity index (χ0n) is 12.3. The molecule has 0 saturated heterocycles. The predicted molar refractivity (Wildman–Crippen MR) is 89.1 cm³/mol. The summed E-state index contributed by atoms with van der Waals surface area (Å²) in [6.45, 7) is 2.06. The first-order valence-corrected chi connectivity index (χ1v) is 7.99. The van der Waals surface area contributed by atoms with Crippen LogP contribution in [0.1, 0.15) is 23.1 Å². The van der Waals surface area contributed by atoms with Crippen LogP contribution < -0.4 is 10.1 Å². The van der Waals surface area contributed by atoms with Crippen LogP contribution in [0.25, 0.3) is 0 Å². The van der Waals surface area contributed by atoms with Crippen LogP contribution in [0.3, 0.4) is 0 Å². The van der Waals surface area contributed by atoms with Crippen molar-refractivity contribution < 1.29 is 4.74 Å². The van der Waals surface area contributed by atoms with Crippen LogP contribution in [0.2, 0.25) is 0 Å². The summed E-state index contributed by atoms with van der Waals surface area (Å²) >= 11 is 3.44. The van der Waals surface area contributed by atoms with Crippen molar-refractivity contribution in [3.63, 3.8) is 0 Å². The number of pyridine rings is 1. The van der Waals surface area contributed by atoms with Crippen LogP contribution in [-0.2, 0) is 12.8 Å². The first kappa shape index (κ1) is 14.4. The molecule has 0 aliphatic heterocycles. The van der Waals surface area contributed by atoms with Crippen molar-refractivity contribution in [3.8, 4) is 5.75 Å².